The summed E-state index contributed by atoms with van der Waals surface area (Å²) in [5.74, 6) is 0. The summed E-state index contributed by atoms with van der Waals surface area (Å²) in [6.07, 6.45) is 0. The van der Waals surface area contributed by atoms with Gasteiger partial charge in [-0.3, -0.25) is 4.90 Å². The average Bonchev–Trinajstić information content (AvgIpc) is 2.88. The fraction of sp³-hybridized carbons (Fsp3) is 0. The van der Waals surface area contributed by atoms with E-state index in [4.69, 9.17) is 5.73 Å². The summed E-state index contributed by atoms with van der Waals surface area (Å²) in [6, 6.07) is 20.1. The van der Waals surface area contributed by atoms with Gasteiger partial charge in [0, 0.05) is 11.4 Å². The zero-order valence-electron chi connectivity index (χ0n) is 10.1. The van der Waals surface area contributed by atoms with Gasteiger partial charge >= 0.3 is 0 Å². The Labute approximate surface area is 115 Å². The number of nitrogens with zero attached hydrogens (tertiary/aromatic N) is 3. The van der Waals surface area contributed by atoms with E-state index in [0.717, 1.165) is 16.5 Å². The molecule has 1 aromatic heterocycles. The molecule has 0 aliphatic rings. The Hall–Kier alpha value is -2.40. The van der Waals surface area contributed by atoms with Crippen molar-refractivity contribution in [2.45, 2.75) is 0 Å². The lowest BCUT2D eigenvalue weighted by Gasteiger charge is -2.21. The molecule has 2 N–H and O–H groups in total. The van der Waals surface area contributed by atoms with Crippen LogP contribution in [-0.2, 0) is 0 Å². The highest BCUT2D eigenvalue weighted by Gasteiger charge is 2.15. The van der Waals surface area contributed by atoms with Gasteiger partial charge in [-0.2, -0.15) is 0 Å². The van der Waals surface area contributed by atoms with Gasteiger partial charge in [0.1, 0.15) is 0 Å². The summed E-state index contributed by atoms with van der Waals surface area (Å²) >= 11 is 1.37. The molecule has 94 valence electrons. The molecule has 0 fully saturated rings. The maximum Gasteiger partial charge on any atom is 0.219 e. The molecule has 0 radical (unpaired) electrons. The van der Waals surface area contributed by atoms with Crippen molar-refractivity contribution in [3.05, 3.63) is 60.7 Å². The van der Waals surface area contributed by atoms with Gasteiger partial charge in [-0.15, -0.1) is 10.2 Å². The standard InChI is InChI=1S/C14H12N4S/c15-13-16-17-14(19-13)18(11-7-3-1-4-8-11)12-9-5-2-6-10-12/h1-10H,(H2,15,16). The lowest BCUT2D eigenvalue weighted by molar-refractivity contribution is 1.07. The maximum atomic E-state index is 5.69. The second-order valence-electron chi connectivity index (χ2n) is 3.93. The van der Waals surface area contributed by atoms with E-state index in [-0.39, 0.29) is 0 Å². The lowest BCUT2D eigenvalue weighted by Crippen LogP contribution is -2.09. The molecule has 0 bridgehead atoms. The number of benzene rings is 2. The fourth-order valence-corrected chi connectivity index (χ4v) is 2.49. The van der Waals surface area contributed by atoms with E-state index in [1.807, 2.05) is 65.6 Å². The van der Waals surface area contributed by atoms with E-state index < -0.39 is 0 Å². The third-order valence-electron chi connectivity index (χ3n) is 2.65. The zero-order chi connectivity index (χ0) is 13.1. The van der Waals surface area contributed by atoms with E-state index in [1.54, 1.807) is 0 Å². The first kappa shape index (κ1) is 11.7. The molecule has 0 aliphatic carbocycles. The Bertz CT molecular complexity index is 612. The van der Waals surface area contributed by atoms with Gasteiger partial charge < -0.3 is 5.73 Å². The Morgan fingerprint density at radius 3 is 1.74 bits per heavy atom. The van der Waals surface area contributed by atoms with Gasteiger partial charge in [-0.25, -0.2) is 0 Å². The quantitative estimate of drug-likeness (QED) is 0.788. The summed E-state index contributed by atoms with van der Waals surface area (Å²) in [4.78, 5) is 2.04. The molecular formula is C14H12N4S. The highest BCUT2D eigenvalue weighted by Crippen LogP contribution is 2.36. The molecule has 3 rings (SSSR count). The number of aromatic nitrogens is 2. The van der Waals surface area contributed by atoms with E-state index in [9.17, 15) is 0 Å². The molecule has 0 saturated heterocycles. The molecule has 0 atom stereocenters. The summed E-state index contributed by atoms with van der Waals surface area (Å²) in [5.41, 5.74) is 7.76. The van der Waals surface area contributed by atoms with E-state index in [2.05, 4.69) is 10.2 Å². The second-order valence-corrected chi connectivity index (χ2v) is 4.92. The number of anilines is 4. The van der Waals surface area contributed by atoms with E-state index >= 15 is 0 Å². The number of nitrogens with two attached hydrogens (primary N) is 1. The summed E-state index contributed by atoms with van der Waals surface area (Å²) in [7, 11) is 0. The zero-order valence-corrected chi connectivity index (χ0v) is 10.9. The summed E-state index contributed by atoms with van der Waals surface area (Å²) in [5, 5.41) is 9.26. The van der Waals surface area contributed by atoms with Crippen molar-refractivity contribution in [1.82, 2.24) is 10.2 Å². The molecule has 4 nitrogen and oxygen atoms in total. The fourth-order valence-electron chi connectivity index (χ4n) is 1.84. The molecule has 0 unspecified atom stereocenters. The first-order valence-electron chi connectivity index (χ1n) is 5.84. The van der Waals surface area contributed by atoms with Gasteiger partial charge in [0.15, 0.2) is 0 Å². The largest absolute Gasteiger partial charge is 0.374 e. The normalized spacial score (nSPS) is 10.3. The Morgan fingerprint density at radius 1 is 0.789 bits per heavy atom. The van der Waals surface area contributed by atoms with Crippen molar-refractivity contribution in [2.24, 2.45) is 0 Å². The molecule has 0 spiro atoms. The SMILES string of the molecule is Nc1nnc(N(c2ccccc2)c2ccccc2)s1. The number of hydrogen-bond acceptors (Lipinski definition) is 5. The van der Waals surface area contributed by atoms with Crippen molar-refractivity contribution in [2.75, 3.05) is 10.6 Å². The van der Waals surface area contributed by atoms with Crippen LogP contribution in [0.2, 0.25) is 0 Å². The van der Waals surface area contributed by atoms with Crippen molar-refractivity contribution in [3.63, 3.8) is 0 Å². The molecule has 0 amide bonds. The lowest BCUT2D eigenvalue weighted by atomic mass is 10.2. The highest BCUT2D eigenvalue weighted by molar-refractivity contribution is 7.19. The first-order chi connectivity index (χ1) is 9.34. The van der Waals surface area contributed by atoms with Gasteiger partial charge in [0.05, 0.1) is 0 Å². The molecule has 0 aliphatic heterocycles. The molecule has 1 heterocycles. The van der Waals surface area contributed by atoms with Gasteiger partial charge in [-0.05, 0) is 24.3 Å². The number of para-hydroxylation sites is 2. The van der Waals surface area contributed by atoms with Crippen molar-refractivity contribution in [1.29, 1.82) is 0 Å². The summed E-state index contributed by atoms with van der Waals surface area (Å²) in [6.45, 7) is 0. The first-order valence-corrected chi connectivity index (χ1v) is 6.65. The van der Waals surface area contributed by atoms with Crippen LogP contribution in [0.15, 0.2) is 60.7 Å². The van der Waals surface area contributed by atoms with Crippen LogP contribution < -0.4 is 10.6 Å². The Morgan fingerprint density at radius 2 is 1.32 bits per heavy atom. The van der Waals surface area contributed by atoms with Crippen LogP contribution in [0.1, 0.15) is 0 Å². The van der Waals surface area contributed by atoms with Crippen molar-refractivity contribution >= 4 is 33.0 Å². The van der Waals surface area contributed by atoms with Gasteiger partial charge in [-0.1, -0.05) is 47.7 Å². The van der Waals surface area contributed by atoms with Gasteiger partial charge in [0.2, 0.25) is 10.3 Å². The molecule has 5 heteroatoms. The number of rotatable bonds is 3. The number of hydrogen-bond donors (Lipinski definition) is 1. The van der Waals surface area contributed by atoms with Crippen LogP contribution in [0.3, 0.4) is 0 Å². The molecular weight excluding hydrogens is 256 g/mol. The number of nitrogen functional groups attached to an aromatic ring is 1. The third-order valence-corrected chi connectivity index (χ3v) is 3.39. The van der Waals surface area contributed by atoms with E-state index in [1.165, 1.54) is 11.3 Å². The van der Waals surface area contributed by atoms with E-state index in [0.29, 0.717) is 5.13 Å². The predicted octanol–water partition coefficient (Wildman–Crippen LogP) is 3.59. The van der Waals surface area contributed by atoms with Crippen LogP contribution in [0.25, 0.3) is 0 Å². The van der Waals surface area contributed by atoms with Crippen LogP contribution in [0.4, 0.5) is 21.6 Å². The Kier molecular flexibility index (Phi) is 3.12. The maximum absolute atomic E-state index is 5.69. The molecule has 19 heavy (non-hydrogen) atoms. The molecule has 0 saturated carbocycles. The third kappa shape index (κ3) is 2.41. The van der Waals surface area contributed by atoms with Gasteiger partial charge in [0.25, 0.3) is 0 Å². The van der Waals surface area contributed by atoms with Crippen LogP contribution >= 0.6 is 11.3 Å². The van der Waals surface area contributed by atoms with Crippen LogP contribution in [0.5, 0.6) is 0 Å². The summed E-state index contributed by atoms with van der Waals surface area (Å²) < 4.78 is 0. The smallest absolute Gasteiger partial charge is 0.219 e. The topological polar surface area (TPSA) is 55.0 Å². The minimum Gasteiger partial charge on any atom is -0.374 e. The van der Waals surface area contributed by atoms with Crippen LogP contribution in [0, 0.1) is 0 Å². The second kappa shape index (κ2) is 5.07. The minimum absolute atomic E-state index is 0.465. The van der Waals surface area contributed by atoms with Crippen molar-refractivity contribution in [3.8, 4) is 0 Å². The Balaban J connectivity index is 2.11. The van der Waals surface area contributed by atoms with Crippen molar-refractivity contribution < 1.29 is 0 Å². The monoisotopic (exact) mass is 268 g/mol. The average molecular weight is 268 g/mol. The van der Waals surface area contributed by atoms with Crippen LogP contribution in [-0.4, -0.2) is 10.2 Å². The molecule has 3 aromatic rings. The highest BCUT2D eigenvalue weighted by atomic mass is 32.1. The molecule has 2 aromatic carbocycles. The minimum atomic E-state index is 0.465. The predicted molar refractivity (Wildman–Crippen MR) is 79.0 cm³/mol.